The number of nitrogens with two attached hydrogens (primary N) is 2. The van der Waals surface area contributed by atoms with Crippen LogP contribution >= 0.6 is 0 Å². The highest BCUT2D eigenvalue weighted by Crippen LogP contribution is 2.25. The van der Waals surface area contributed by atoms with E-state index in [1.165, 1.54) is 0 Å². The number of benzene rings is 2. The van der Waals surface area contributed by atoms with Gasteiger partial charge in [-0.1, -0.05) is 12.1 Å². The lowest BCUT2D eigenvalue weighted by Crippen LogP contribution is -2.36. The van der Waals surface area contributed by atoms with Gasteiger partial charge in [0.1, 0.15) is 11.8 Å². The topological polar surface area (TPSA) is 133 Å². The fourth-order valence-electron chi connectivity index (χ4n) is 3.45. The number of unbranched alkanes of at least 4 members (excludes halogenated alkanes) is 1. The number of para-hydroxylation sites is 1. The number of methoxy groups -OCH3 is 1. The van der Waals surface area contributed by atoms with Gasteiger partial charge in [-0.25, -0.2) is 9.97 Å². The first-order valence-electron chi connectivity index (χ1n) is 10.2. The van der Waals surface area contributed by atoms with Crippen LogP contribution in [0.3, 0.4) is 0 Å². The van der Waals surface area contributed by atoms with E-state index in [0.29, 0.717) is 30.4 Å². The predicted molar refractivity (Wildman–Crippen MR) is 120 cm³/mol. The molecule has 4 rings (SSSR count). The SMILES string of the molecule is COc1ccc(-c2nc3c4ccccc4nc(N[C@@H](CCCCN)C(N)=O)n3n2)cc1. The molecular weight excluding hydrogens is 394 g/mol. The van der Waals surface area contributed by atoms with E-state index in [1.54, 1.807) is 11.6 Å². The number of hydrogen-bond acceptors (Lipinski definition) is 7. The number of anilines is 1. The Morgan fingerprint density at radius 2 is 1.90 bits per heavy atom. The van der Waals surface area contributed by atoms with Gasteiger partial charge in [-0.3, -0.25) is 4.79 Å². The fourth-order valence-corrected chi connectivity index (χ4v) is 3.45. The van der Waals surface area contributed by atoms with Crippen LogP contribution in [0.25, 0.3) is 27.9 Å². The number of nitrogens with one attached hydrogen (secondary N) is 1. The quantitative estimate of drug-likeness (QED) is 0.355. The second kappa shape index (κ2) is 8.97. The lowest BCUT2D eigenvalue weighted by atomic mass is 10.1. The molecule has 5 N–H and O–H groups in total. The molecule has 1 amide bonds. The summed E-state index contributed by atoms with van der Waals surface area (Å²) in [5, 5.41) is 8.69. The van der Waals surface area contributed by atoms with Crippen molar-refractivity contribution in [3.05, 3.63) is 48.5 Å². The van der Waals surface area contributed by atoms with Gasteiger partial charge in [0.25, 0.3) is 0 Å². The third-order valence-corrected chi connectivity index (χ3v) is 5.12. The number of fused-ring (bicyclic) bond motifs is 3. The standard InChI is InChI=1S/C22H25N7O2/c1-31-15-11-9-14(10-12-15)20-27-21-16-6-2-3-7-17(16)25-22(29(21)28-20)26-18(19(24)30)8-4-5-13-23/h2-3,6-7,9-12,18H,4-5,8,13,23H2,1H3,(H2,24,30)(H,25,26)/t18-/m0/s1. The van der Waals surface area contributed by atoms with Crippen LogP contribution in [0.4, 0.5) is 5.95 Å². The molecule has 0 aliphatic rings. The Hall–Kier alpha value is -3.72. The van der Waals surface area contributed by atoms with Gasteiger partial charge in [0.2, 0.25) is 11.9 Å². The van der Waals surface area contributed by atoms with E-state index >= 15 is 0 Å². The Labute approximate surface area is 179 Å². The van der Waals surface area contributed by atoms with Crippen molar-refractivity contribution in [1.29, 1.82) is 0 Å². The van der Waals surface area contributed by atoms with Crippen molar-refractivity contribution in [2.45, 2.75) is 25.3 Å². The molecule has 9 nitrogen and oxygen atoms in total. The summed E-state index contributed by atoms with van der Waals surface area (Å²) in [6.07, 6.45) is 2.15. The molecular formula is C22H25N7O2. The molecule has 2 heterocycles. The first kappa shape index (κ1) is 20.5. The summed E-state index contributed by atoms with van der Waals surface area (Å²) in [6, 6.07) is 14.6. The third kappa shape index (κ3) is 4.26. The van der Waals surface area contributed by atoms with Gasteiger partial charge in [-0.05, 0) is 62.2 Å². The first-order valence-corrected chi connectivity index (χ1v) is 10.2. The highest BCUT2D eigenvalue weighted by Gasteiger charge is 2.20. The van der Waals surface area contributed by atoms with Gasteiger partial charge in [-0.15, -0.1) is 5.10 Å². The molecule has 4 aromatic rings. The van der Waals surface area contributed by atoms with Crippen LogP contribution in [0.2, 0.25) is 0 Å². The van der Waals surface area contributed by atoms with Crippen LogP contribution in [0.1, 0.15) is 19.3 Å². The number of amides is 1. The summed E-state index contributed by atoms with van der Waals surface area (Å²) in [4.78, 5) is 21.5. The number of aromatic nitrogens is 4. The third-order valence-electron chi connectivity index (χ3n) is 5.12. The van der Waals surface area contributed by atoms with E-state index < -0.39 is 11.9 Å². The zero-order valence-electron chi connectivity index (χ0n) is 17.3. The zero-order valence-corrected chi connectivity index (χ0v) is 17.3. The summed E-state index contributed by atoms with van der Waals surface area (Å²) < 4.78 is 6.86. The summed E-state index contributed by atoms with van der Waals surface area (Å²) in [7, 11) is 1.62. The molecule has 9 heteroatoms. The smallest absolute Gasteiger partial charge is 0.240 e. The summed E-state index contributed by atoms with van der Waals surface area (Å²) in [5.74, 6) is 1.26. The van der Waals surface area contributed by atoms with Crippen molar-refractivity contribution in [2.75, 3.05) is 19.0 Å². The van der Waals surface area contributed by atoms with E-state index in [2.05, 4.69) is 15.4 Å². The Bertz CT molecular complexity index is 1200. The Kier molecular flexibility index (Phi) is 5.94. The molecule has 2 aromatic heterocycles. The molecule has 0 saturated heterocycles. The molecule has 160 valence electrons. The number of carbonyl (C=O) groups is 1. The maximum absolute atomic E-state index is 12.0. The number of carbonyl (C=O) groups excluding carboxylic acids is 1. The number of nitrogens with zero attached hydrogens (tertiary/aromatic N) is 4. The van der Waals surface area contributed by atoms with Crippen LogP contribution in [0.15, 0.2) is 48.5 Å². The minimum absolute atomic E-state index is 0.414. The molecule has 2 aromatic carbocycles. The lowest BCUT2D eigenvalue weighted by Gasteiger charge is -2.16. The average molecular weight is 419 g/mol. The first-order chi connectivity index (χ1) is 15.1. The second-order valence-electron chi connectivity index (χ2n) is 7.24. The minimum atomic E-state index is -0.586. The predicted octanol–water partition coefficient (Wildman–Crippen LogP) is 2.35. The summed E-state index contributed by atoms with van der Waals surface area (Å²) >= 11 is 0. The van der Waals surface area contributed by atoms with E-state index in [1.807, 2.05) is 48.5 Å². The van der Waals surface area contributed by atoms with Gasteiger partial charge >= 0.3 is 0 Å². The molecule has 0 aliphatic carbocycles. The molecule has 0 saturated carbocycles. The Morgan fingerprint density at radius 3 is 2.61 bits per heavy atom. The van der Waals surface area contributed by atoms with Crippen LogP contribution < -0.4 is 21.5 Å². The van der Waals surface area contributed by atoms with Gasteiger partial charge in [0, 0.05) is 10.9 Å². The monoisotopic (exact) mass is 419 g/mol. The summed E-state index contributed by atoms with van der Waals surface area (Å²) in [6.45, 7) is 0.568. The molecule has 0 radical (unpaired) electrons. The van der Waals surface area contributed by atoms with Crippen LogP contribution in [-0.2, 0) is 4.79 Å². The van der Waals surface area contributed by atoms with Gasteiger partial charge in [-0.2, -0.15) is 4.52 Å². The van der Waals surface area contributed by atoms with E-state index in [4.69, 9.17) is 21.2 Å². The van der Waals surface area contributed by atoms with E-state index in [9.17, 15) is 4.79 Å². The van der Waals surface area contributed by atoms with Crippen molar-refractivity contribution in [1.82, 2.24) is 19.6 Å². The van der Waals surface area contributed by atoms with Crippen LogP contribution in [0, 0.1) is 0 Å². The average Bonchev–Trinajstić information content (AvgIpc) is 3.24. The van der Waals surface area contributed by atoms with Crippen molar-refractivity contribution >= 4 is 28.4 Å². The Morgan fingerprint density at radius 1 is 1.13 bits per heavy atom. The molecule has 0 fully saturated rings. The molecule has 0 bridgehead atoms. The fraction of sp³-hybridized carbons (Fsp3) is 0.273. The van der Waals surface area contributed by atoms with Gasteiger partial charge in [0.05, 0.1) is 12.6 Å². The summed E-state index contributed by atoms with van der Waals surface area (Å²) in [5.41, 5.74) is 13.4. The minimum Gasteiger partial charge on any atom is -0.497 e. The molecule has 0 aliphatic heterocycles. The number of hydrogen-bond donors (Lipinski definition) is 3. The Balaban J connectivity index is 1.79. The normalized spacial score (nSPS) is 12.2. The highest BCUT2D eigenvalue weighted by atomic mass is 16.5. The lowest BCUT2D eigenvalue weighted by molar-refractivity contribution is -0.118. The van der Waals surface area contributed by atoms with E-state index in [0.717, 1.165) is 35.1 Å². The number of ether oxygens (including phenoxy) is 1. The maximum Gasteiger partial charge on any atom is 0.240 e. The van der Waals surface area contributed by atoms with E-state index in [-0.39, 0.29) is 0 Å². The number of rotatable bonds is 9. The van der Waals surface area contributed by atoms with Gasteiger partial charge < -0.3 is 21.5 Å². The highest BCUT2D eigenvalue weighted by molar-refractivity contribution is 5.93. The second-order valence-corrected chi connectivity index (χ2v) is 7.24. The molecule has 1 atom stereocenters. The van der Waals surface area contributed by atoms with Crippen molar-refractivity contribution < 1.29 is 9.53 Å². The van der Waals surface area contributed by atoms with Crippen molar-refractivity contribution in [3.8, 4) is 17.1 Å². The van der Waals surface area contributed by atoms with Gasteiger partial charge in [0.15, 0.2) is 11.5 Å². The van der Waals surface area contributed by atoms with Crippen molar-refractivity contribution in [2.24, 2.45) is 11.5 Å². The van der Waals surface area contributed by atoms with Crippen LogP contribution in [-0.4, -0.2) is 45.2 Å². The maximum atomic E-state index is 12.0. The van der Waals surface area contributed by atoms with Crippen LogP contribution in [0.5, 0.6) is 5.75 Å². The molecule has 0 unspecified atom stereocenters. The largest absolute Gasteiger partial charge is 0.497 e. The van der Waals surface area contributed by atoms with Crippen molar-refractivity contribution in [3.63, 3.8) is 0 Å². The molecule has 31 heavy (non-hydrogen) atoms. The molecule has 0 spiro atoms. The number of primary amides is 1. The zero-order chi connectivity index (χ0) is 21.8.